The van der Waals surface area contributed by atoms with Crippen molar-refractivity contribution < 1.29 is 9.53 Å². The predicted octanol–water partition coefficient (Wildman–Crippen LogP) is 7.70. The van der Waals surface area contributed by atoms with Gasteiger partial charge in [0.05, 0.1) is 10.6 Å². The van der Waals surface area contributed by atoms with Crippen LogP contribution in [0.1, 0.15) is 24.5 Å². The molecule has 4 rings (SSSR count). The number of ether oxygens (including phenoxy) is 1. The molecule has 1 heterocycles. The standard InChI is InChI=1S/C26H22BrClN2O2S/c1-2-15-30-25(31)24(33-26(30)29-22-11-9-21(28)10-12-22)16-18-5-13-23(14-6-18)32-17-19-3-7-20(27)8-4-19/h3-14,16H,2,15,17H2,1H3/b24-16-,29-26?. The van der Waals surface area contributed by atoms with Gasteiger partial charge in [0.15, 0.2) is 5.17 Å². The molecule has 168 valence electrons. The van der Waals surface area contributed by atoms with Crippen LogP contribution in [0.2, 0.25) is 5.02 Å². The maximum Gasteiger partial charge on any atom is 0.266 e. The summed E-state index contributed by atoms with van der Waals surface area (Å²) in [7, 11) is 0. The lowest BCUT2D eigenvalue weighted by atomic mass is 10.2. The minimum Gasteiger partial charge on any atom is -0.489 e. The zero-order chi connectivity index (χ0) is 23.2. The quantitative estimate of drug-likeness (QED) is 0.288. The topological polar surface area (TPSA) is 41.9 Å². The largest absolute Gasteiger partial charge is 0.489 e. The minimum absolute atomic E-state index is 0.0230. The van der Waals surface area contributed by atoms with Crippen molar-refractivity contribution in [2.24, 2.45) is 4.99 Å². The molecule has 0 radical (unpaired) electrons. The first-order valence-electron chi connectivity index (χ1n) is 10.5. The Bertz CT molecular complexity index is 1180. The summed E-state index contributed by atoms with van der Waals surface area (Å²) in [5, 5.41) is 1.34. The molecule has 3 aromatic rings. The molecule has 0 N–H and O–H groups in total. The molecule has 7 heteroatoms. The zero-order valence-corrected chi connectivity index (χ0v) is 21.2. The van der Waals surface area contributed by atoms with Crippen molar-refractivity contribution in [1.82, 2.24) is 4.90 Å². The van der Waals surface area contributed by atoms with E-state index in [-0.39, 0.29) is 5.91 Å². The number of amidine groups is 1. The Morgan fingerprint density at radius 3 is 2.39 bits per heavy atom. The Morgan fingerprint density at radius 2 is 1.73 bits per heavy atom. The average Bonchev–Trinajstić information content (AvgIpc) is 3.10. The molecule has 1 amide bonds. The van der Waals surface area contributed by atoms with E-state index in [9.17, 15) is 4.79 Å². The number of nitrogens with zero attached hydrogens (tertiary/aromatic N) is 2. The van der Waals surface area contributed by atoms with Crippen molar-refractivity contribution in [2.45, 2.75) is 20.0 Å². The summed E-state index contributed by atoms with van der Waals surface area (Å²) >= 11 is 10.8. The number of halogens is 2. The van der Waals surface area contributed by atoms with Crippen LogP contribution >= 0.6 is 39.3 Å². The van der Waals surface area contributed by atoms with Crippen LogP contribution < -0.4 is 4.74 Å². The maximum absolute atomic E-state index is 13.0. The lowest BCUT2D eigenvalue weighted by molar-refractivity contribution is -0.122. The first kappa shape index (κ1) is 23.6. The van der Waals surface area contributed by atoms with Gasteiger partial charge in [-0.2, -0.15) is 0 Å². The number of amides is 1. The molecule has 0 atom stereocenters. The fourth-order valence-electron chi connectivity index (χ4n) is 3.20. The zero-order valence-electron chi connectivity index (χ0n) is 18.0. The number of aliphatic imine (C=N–C) groups is 1. The van der Waals surface area contributed by atoms with Gasteiger partial charge in [-0.15, -0.1) is 0 Å². The second-order valence-corrected chi connectivity index (χ2v) is 9.78. The van der Waals surface area contributed by atoms with Gasteiger partial charge in [-0.3, -0.25) is 9.69 Å². The maximum atomic E-state index is 13.0. The number of hydrogen-bond acceptors (Lipinski definition) is 4. The van der Waals surface area contributed by atoms with Gasteiger partial charge in [0.2, 0.25) is 0 Å². The lowest BCUT2D eigenvalue weighted by Gasteiger charge is -2.13. The molecule has 1 aliphatic heterocycles. The summed E-state index contributed by atoms with van der Waals surface area (Å²) in [6.07, 6.45) is 2.75. The van der Waals surface area contributed by atoms with Gasteiger partial charge >= 0.3 is 0 Å². The van der Waals surface area contributed by atoms with Crippen LogP contribution in [0, 0.1) is 0 Å². The van der Waals surface area contributed by atoms with Crippen molar-refractivity contribution in [1.29, 1.82) is 0 Å². The number of benzene rings is 3. The highest BCUT2D eigenvalue weighted by Gasteiger charge is 2.32. The fraction of sp³-hybridized carbons (Fsp3) is 0.154. The first-order valence-corrected chi connectivity index (χ1v) is 12.5. The van der Waals surface area contributed by atoms with E-state index in [2.05, 4.69) is 20.9 Å². The van der Waals surface area contributed by atoms with Gasteiger partial charge in [-0.1, -0.05) is 58.7 Å². The SMILES string of the molecule is CCCN1C(=O)/C(=C/c2ccc(OCc3ccc(Br)cc3)cc2)SC1=Nc1ccc(Cl)cc1. The van der Waals surface area contributed by atoms with Gasteiger partial charge in [-0.05, 0) is 83.9 Å². The van der Waals surface area contributed by atoms with E-state index >= 15 is 0 Å². The molecule has 0 unspecified atom stereocenters. The number of carbonyl (C=O) groups is 1. The summed E-state index contributed by atoms with van der Waals surface area (Å²) < 4.78 is 6.92. The molecule has 1 saturated heterocycles. The Kier molecular flexibility index (Phi) is 7.91. The van der Waals surface area contributed by atoms with Crippen LogP contribution in [0.15, 0.2) is 87.2 Å². The fourth-order valence-corrected chi connectivity index (χ4v) is 4.61. The highest BCUT2D eigenvalue weighted by molar-refractivity contribution is 9.10. The van der Waals surface area contributed by atoms with Crippen LogP contribution in [0.25, 0.3) is 6.08 Å². The lowest BCUT2D eigenvalue weighted by Crippen LogP contribution is -2.29. The molecule has 0 bridgehead atoms. The molecular weight excluding hydrogens is 520 g/mol. The van der Waals surface area contributed by atoms with Crippen LogP contribution in [-0.4, -0.2) is 22.5 Å². The molecule has 1 fully saturated rings. The van der Waals surface area contributed by atoms with E-state index in [1.807, 2.05) is 73.7 Å². The number of rotatable bonds is 7. The Balaban J connectivity index is 1.47. The summed E-state index contributed by atoms with van der Waals surface area (Å²) in [6.45, 7) is 3.17. The van der Waals surface area contributed by atoms with Crippen molar-refractivity contribution in [3.05, 3.63) is 98.3 Å². The predicted molar refractivity (Wildman–Crippen MR) is 141 cm³/mol. The highest BCUT2D eigenvalue weighted by atomic mass is 79.9. The molecular formula is C26H22BrClN2O2S. The second-order valence-electron chi connectivity index (χ2n) is 7.42. The van der Waals surface area contributed by atoms with Crippen molar-refractivity contribution in [2.75, 3.05) is 6.54 Å². The second kappa shape index (κ2) is 11.1. The number of thioether (sulfide) groups is 1. The van der Waals surface area contributed by atoms with E-state index in [4.69, 9.17) is 16.3 Å². The molecule has 4 nitrogen and oxygen atoms in total. The summed E-state index contributed by atoms with van der Waals surface area (Å²) in [5.74, 6) is 0.758. The molecule has 1 aliphatic rings. The van der Waals surface area contributed by atoms with Gasteiger partial charge < -0.3 is 4.74 Å². The molecule has 3 aromatic carbocycles. The molecule has 0 saturated carbocycles. The Labute approximate surface area is 211 Å². The summed E-state index contributed by atoms with van der Waals surface area (Å²) in [5.41, 5.74) is 2.80. The normalized spacial score (nSPS) is 16.1. The van der Waals surface area contributed by atoms with Crippen molar-refractivity contribution in [3.8, 4) is 5.75 Å². The van der Waals surface area contributed by atoms with Crippen molar-refractivity contribution >= 4 is 62.1 Å². The third-order valence-corrected chi connectivity index (χ3v) is 6.67. The monoisotopic (exact) mass is 540 g/mol. The van der Waals surface area contributed by atoms with Crippen LogP contribution in [0.3, 0.4) is 0 Å². The van der Waals surface area contributed by atoms with E-state index < -0.39 is 0 Å². The van der Waals surface area contributed by atoms with Gasteiger partial charge in [0.1, 0.15) is 12.4 Å². The Morgan fingerprint density at radius 1 is 1.03 bits per heavy atom. The van der Waals surface area contributed by atoms with E-state index in [1.165, 1.54) is 11.8 Å². The van der Waals surface area contributed by atoms with Gasteiger partial charge in [-0.25, -0.2) is 4.99 Å². The molecule has 0 spiro atoms. The van der Waals surface area contributed by atoms with Crippen molar-refractivity contribution in [3.63, 3.8) is 0 Å². The number of carbonyl (C=O) groups excluding carboxylic acids is 1. The van der Waals surface area contributed by atoms with Gasteiger partial charge in [0, 0.05) is 16.0 Å². The first-order chi connectivity index (χ1) is 16.0. The molecule has 0 aliphatic carbocycles. The van der Waals surface area contributed by atoms with Crippen LogP contribution in [-0.2, 0) is 11.4 Å². The van der Waals surface area contributed by atoms with E-state index in [0.717, 1.165) is 33.5 Å². The third-order valence-electron chi connectivity index (χ3n) is 4.88. The molecule has 0 aromatic heterocycles. The third kappa shape index (κ3) is 6.28. The van der Waals surface area contributed by atoms with E-state index in [0.29, 0.717) is 28.2 Å². The smallest absolute Gasteiger partial charge is 0.266 e. The van der Waals surface area contributed by atoms with Crippen LogP contribution in [0.5, 0.6) is 5.75 Å². The molecule has 33 heavy (non-hydrogen) atoms. The van der Waals surface area contributed by atoms with Crippen LogP contribution in [0.4, 0.5) is 5.69 Å². The summed E-state index contributed by atoms with van der Waals surface area (Å²) in [6, 6.07) is 23.1. The van der Waals surface area contributed by atoms with E-state index in [1.54, 1.807) is 17.0 Å². The van der Waals surface area contributed by atoms with Gasteiger partial charge in [0.25, 0.3) is 5.91 Å². The minimum atomic E-state index is -0.0230. The average molecular weight is 542 g/mol. The number of hydrogen-bond donors (Lipinski definition) is 0. The Hall–Kier alpha value is -2.54. The summed E-state index contributed by atoms with van der Waals surface area (Å²) in [4.78, 5) is 20.1. The highest BCUT2D eigenvalue weighted by Crippen LogP contribution is 2.34.